The molecule has 3 rings (SSSR count). The first-order chi connectivity index (χ1) is 13.7. The summed E-state index contributed by atoms with van der Waals surface area (Å²) >= 11 is 0. The zero-order valence-corrected chi connectivity index (χ0v) is 16.6. The van der Waals surface area contributed by atoms with E-state index in [4.69, 9.17) is 5.11 Å². The van der Waals surface area contributed by atoms with Crippen LogP contribution in [-0.2, 0) is 4.79 Å². The number of amides is 3. The summed E-state index contributed by atoms with van der Waals surface area (Å²) in [6.07, 6.45) is 0.599. The molecule has 1 aliphatic heterocycles. The molecule has 0 saturated heterocycles. The van der Waals surface area contributed by atoms with Gasteiger partial charge in [0.2, 0.25) is 0 Å². The normalized spacial score (nSPS) is 12.9. The van der Waals surface area contributed by atoms with Crippen LogP contribution in [0.2, 0.25) is 0 Å². The van der Waals surface area contributed by atoms with Crippen LogP contribution in [0.1, 0.15) is 55.5 Å². The fourth-order valence-electron chi connectivity index (χ4n) is 3.42. The molecule has 3 amide bonds. The second kappa shape index (κ2) is 7.87. The molecular weight excluding hydrogens is 372 g/mol. The number of anilines is 1. The van der Waals surface area contributed by atoms with Crippen molar-refractivity contribution in [2.24, 2.45) is 0 Å². The van der Waals surface area contributed by atoms with Crippen molar-refractivity contribution in [3.8, 4) is 0 Å². The van der Waals surface area contributed by atoms with E-state index in [-0.39, 0.29) is 23.2 Å². The molecule has 0 saturated carbocycles. The van der Waals surface area contributed by atoms with E-state index in [9.17, 15) is 19.2 Å². The van der Waals surface area contributed by atoms with Gasteiger partial charge in [-0.2, -0.15) is 0 Å². The van der Waals surface area contributed by atoms with Crippen LogP contribution in [0.4, 0.5) is 5.69 Å². The number of carboxylic acid groups (broad SMARTS) is 1. The predicted molar refractivity (Wildman–Crippen MR) is 107 cm³/mol. The van der Waals surface area contributed by atoms with Crippen molar-refractivity contribution >= 4 is 29.4 Å². The zero-order valence-electron chi connectivity index (χ0n) is 16.6. The average molecular weight is 394 g/mol. The number of aliphatic carboxylic acids is 1. The van der Waals surface area contributed by atoms with Gasteiger partial charge in [0.1, 0.15) is 6.54 Å². The van der Waals surface area contributed by atoms with Gasteiger partial charge in [-0.25, -0.2) is 4.90 Å². The molecule has 1 aliphatic rings. The van der Waals surface area contributed by atoms with E-state index in [1.54, 1.807) is 6.07 Å². The molecule has 0 unspecified atom stereocenters. The topological polar surface area (TPSA) is 95.0 Å². The van der Waals surface area contributed by atoms with Crippen molar-refractivity contribution in [1.29, 1.82) is 0 Å². The van der Waals surface area contributed by atoms with Gasteiger partial charge in [0, 0.05) is 12.1 Å². The smallest absolute Gasteiger partial charge is 0.323 e. The molecular formula is C22H22N2O5. The van der Waals surface area contributed by atoms with Crippen molar-refractivity contribution in [3.63, 3.8) is 0 Å². The monoisotopic (exact) mass is 394 g/mol. The zero-order chi connectivity index (χ0) is 21.3. The Morgan fingerprint density at radius 3 is 2.34 bits per heavy atom. The lowest BCUT2D eigenvalue weighted by atomic mass is 10.0. The number of hydrogen-bond donors (Lipinski definition) is 1. The van der Waals surface area contributed by atoms with Gasteiger partial charge in [-0.1, -0.05) is 19.1 Å². The highest BCUT2D eigenvalue weighted by Gasteiger charge is 2.38. The molecule has 2 aromatic carbocycles. The van der Waals surface area contributed by atoms with Crippen LogP contribution in [0.15, 0.2) is 36.4 Å². The van der Waals surface area contributed by atoms with Crippen LogP contribution < -0.4 is 4.90 Å². The Balaban J connectivity index is 1.98. The van der Waals surface area contributed by atoms with Crippen molar-refractivity contribution in [3.05, 3.63) is 64.2 Å². The highest BCUT2D eigenvalue weighted by atomic mass is 16.4. The van der Waals surface area contributed by atoms with Gasteiger partial charge in [0.25, 0.3) is 17.7 Å². The fraction of sp³-hybridized carbons (Fsp3) is 0.273. The predicted octanol–water partition coefficient (Wildman–Crippen LogP) is 3.04. The molecule has 7 heteroatoms. The molecule has 7 nitrogen and oxygen atoms in total. The number of hydrogen-bond acceptors (Lipinski definition) is 4. The second-order valence-electron chi connectivity index (χ2n) is 7.12. The molecule has 2 aromatic rings. The molecule has 0 aliphatic carbocycles. The quantitative estimate of drug-likeness (QED) is 0.760. The molecule has 0 atom stereocenters. The number of carbonyl (C=O) groups excluding carboxylic acids is 3. The van der Waals surface area contributed by atoms with Crippen molar-refractivity contribution < 1.29 is 24.3 Å². The van der Waals surface area contributed by atoms with E-state index >= 15 is 0 Å². The summed E-state index contributed by atoms with van der Waals surface area (Å²) in [5.41, 5.74) is 2.78. The average Bonchev–Trinajstić information content (AvgIpc) is 2.92. The van der Waals surface area contributed by atoms with E-state index in [1.807, 2.05) is 32.9 Å². The van der Waals surface area contributed by atoms with E-state index in [1.165, 1.54) is 23.1 Å². The molecule has 1 N–H and O–H groups in total. The maximum Gasteiger partial charge on any atom is 0.323 e. The van der Waals surface area contributed by atoms with Crippen LogP contribution in [0, 0.1) is 13.8 Å². The first-order valence-corrected chi connectivity index (χ1v) is 9.35. The summed E-state index contributed by atoms with van der Waals surface area (Å²) in [5.74, 6) is -2.52. The molecule has 29 heavy (non-hydrogen) atoms. The third kappa shape index (κ3) is 3.76. The summed E-state index contributed by atoms with van der Waals surface area (Å²) in [6.45, 7) is 5.40. The Labute approximate surface area is 168 Å². The lowest BCUT2D eigenvalue weighted by molar-refractivity contribution is -0.137. The van der Waals surface area contributed by atoms with E-state index in [0.29, 0.717) is 12.1 Å². The van der Waals surface area contributed by atoms with Crippen LogP contribution >= 0.6 is 0 Å². The summed E-state index contributed by atoms with van der Waals surface area (Å²) in [7, 11) is 0. The highest BCUT2D eigenvalue weighted by Crippen LogP contribution is 2.32. The molecule has 0 aromatic heterocycles. The maximum atomic E-state index is 13.0. The Morgan fingerprint density at radius 2 is 1.69 bits per heavy atom. The van der Waals surface area contributed by atoms with Crippen molar-refractivity contribution in [2.45, 2.75) is 27.2 Å². The van der Waals surface area contributed by atoms with Crippen molar-refractivity contribution in [2.75, 3.05) is 18.0 Å². The van der Waals surface area contributed by atoms with E-state index in [0.717, 1.165) is 16.0 Å². The lowest BCUT2D eigenvalue weighted by Gasteiger charge is -2.20. The highest BCUT2D eigenvalue weighted by molar-refractivity contribution is 6.35. The minimum absolute atomic E-state index is 0.147. The molecule has 0 radical (unpaired) electrons. The van der Waals surface area contributed by atoms with Gasteiger partial charge >= 0.3 is 5.97 Å². The van der Waals surface area contributed by atoms with Crippen LogP contribution in [-0.4, -0.2) is 46.8 Å². The Kier molecular flexibility index (Phi) is 5.50. The van der Waals surface area contributed by atoms with Crippen LogP contribution in [0.25, 0.3) is 0 Å². The number of rotatable bonds is 6. The van der Waals surface area contributed by atoms with Crippen LogP contribution in [0.3, 0.4) is 0 Å². The second-order valence-corrected chi connectivity index (χ2v) is 7.12. The van der Waals surface area contributed by atoms with Gasteiger partial charge in [0.15, 0.2) is 0 Å². The van der Waals surface area contributed by atoms with Crippen LogP contribution in [0.5, 0.6) is 0 Å². The third-order valence-corrected chi connectivity index (χ3v) is 4.85. The standard InChI is InChI=1S/C22H22N2O5/c1-4-9-23(12-19(25)26)20(27)15-7-8-16-17(11-15)22(29)24(21(16)28)18-10-13(2)5-6-14(18)3/h5-8,10-11H,4,9,12H2,1-3H3,(H,25,26). The SMILES string of the molecule is CCCN(CC(=O)O)C(=O)c1ccc2c(c1)C(=O)N(c1cc(C)ccc1C)C2=O. The first-order valence-electron chi connectivity index (χ1n) is 9.35. The fourth-order valence-corrected chi connectivity index (χ4v) is 3.42. The van der Waals surface area contributed by atoms with E-state index < -0.39 is 30.2 Å². The third-order valence-electron chi connectivity index (χ3n) is 4.85. The lowest BCUT2D eigenvalue weighted by Crippen LogP contribution is -2.36. The summed E-state index contributed by atoms with van der Waals surface area (Å²) < 4.78 is 0. The minimum Gasteiger partial charge on any atom is -0.480 e. The Morgan fingerprint density at radius 1 is 1.00 bits per heavy atom. The number of aryl methyl sites for hydroxylation is 2. The number of fused-ring (bicyclic) bond motifs is 1. The Bertz CT molecular complexity index is 1030. The summed E-state index contributed by atoms with van der Waals surface area (Å²) in [6, 6.07) is 9.82. The molecule has 1 heterocycles. The van der Waals surface area contributed by atoms with E-state index in [2.05, 4.69) is 0 Å². The summed E-state index contributed by atoms with van der Waals surface area (Å²) in [4.78, 5) is 52.0. The maximum absolute atomic E-state index is 13.0. The van der Waals surface area contributed by atoms with Gasteiger partial charge in [-0.15, -0.1) is 0 Å². The van der Waals surface area contributed by atoms with Gasteiger partial charge in [-0.05, 0) is 55.7 Å². The molecule has 150 valence electrons. The number of carboxylic acids is 1. The summed E-state index contributed by atoms with van der Waals surface area (Å²) in [5, 5.41) is 9.05. The number of benzene rings is 2. The van der Waals surface area contributed by atoms with Gasteiger partial charge in [-0.3, -0.25) is 19.2 Å². The van der Waals surface area contributed by atoms with Crippen molar-refractivity contribution in [1.82, 2.24) is 4.90 Å². The number of imide groups is 1. The molecule has 0 fully saturated rings. The minimum atomic E-state index is -1.11. The number of nitrogens with zero attached hydrogens (tertiary/aromatic N) is 2. The van der Waals surface area contributed by atoms with Gasteiger partial charge < -0.3 is 10.0 Å². The number of carbonyl (C=O) groups is 4. The Hall–Kier alpha value is -3.48. The van der Waals surface area contributed by atoms with Gasteiger partial charge in [0.05, 0.1) is 16.8 Å². The largest absolute Gasteiger partial charge is 0.480 e. The molecule has 0 spiro atoms. The first kappa shape index (κ1) is 20.3. The molecule has 0 bridgehead atoms.